The number of benzene rings is 1. The zero-order valence-electron chi connectivity index (χ0n) is 7.86. The molecular formula is C10H13N3O. The summed E-state index contributed by atoms with van der Waals surface area (Å²) in [5, 5.41) is 2.83. The minimum Gasteiger partial charge on any atom is -0.359 e. The van der Waals surface area contributed by atoms with Crippen molar-refractivity contribution in [3.05, 3.63) is 24.3 Å². The van der Waals surface area contributed by atoms with Gasteiger partial charge in [0.05, 0.1) is 17.9 Å². The largest absolute Gasteiger partial charge is 0.359 e. The molecule has 0 aliphatic carbocycles. The first kappa shape index (κ1) is 9.02. The lowest BCUT2D eigenvalue weighted by atomic mass is 10.2. The van der Waals surface area contributed by atoms with Gasteiger partial charge >= 0.3 is 0 Å². The third-order valence-electron chi connectivity index (χ3n) is 2.25. The van der Waals surface area contributed by atoms with Gasteiger partial charge in [0, 0.05) is 13.1 Å². The molecule has 1 aromatic rings. The average Bonchev–Trinajstić information content (AvgIpc) is 2.18. The Kier molecular flexibility index (Phi) is 2.37. The van der Waals surface area contributed by atoms with E-state index in [-0.39, 0.29) is 5.91 Å². The lowest BCUT2D eigenvalue weighted by Crippen LogP contribution is -2.40. The Balaban J connectivity index is 2.33. The van der Waals surface area contributed by atoms with Crippen LogP contribution < -0.4 is 16.0 Å². The van der Waals surface area contributed by atoms with Crippen LogP contribution in [-0.2, 0) is 4.79 Å². The van der Waals surface area contributed by atoms with E-state index in [9.17, 15) is 4.79 Å². The molecule has 0 radical (unpaired) electrons. The van der Waals surface area contributed by atoms with E-state index in [4.69, 9.17) is 5.73 Å². The summed E-state index contributed by atoms with van der Waals surface area (Å²) in [5.41, 5.74) is 7.41. The quantitative estimate of drug-likeness (QED) is 0.711. The van der Waals surface area contributed by atoms with E-state index < -0.39 is 0 Å². The summed E-state index contributed by atoms with van der Waals surface area (Å²) in [5.74, 6) is 0.0251. The lowest BCUT2D eigenvalue weighted by Gasteiger charge is -2.30. The molecule has 0 saturated heterocycles. The number of rotatable bonds is 2. The maximum Gasteiger partial charge on any atom is 0.243 e. The monoisotopic (exact) mass is 191 g/mol. The fourth-order valence-corrected chi connectivity index (χ4v) is 1.66. The summed E-state index contributed by atoms with van der Waals surface area (Å²) in [4.78, 5) is 13.3. The summed E-state index contributed by atoms with van der Waals surface area (Å²) >= 11 is 0. The molecule has 4 nitrogen and oxygen atoms in total. The average molecular weight is 191 g/mol. The van der Waals surface area contributed by atoms with E-state index in [1.807, 2.05) is 29.2 Å². The van der Waals surface area contributed by atoms with Gasteiger partial charge < -0.3 is 16.0 Å². The molecule has 0 fully saturated rings. The van der Waals surface area contributed by atoms with Gasteiger partial charge in [0.15, 0.2) is 0 Å². The Morgan fingerprint density at radius 3 is 3.00 bits per heavy atom. The SMILES string of the molecule is NCCN1CC(=O)Nc2ccccc21. The molecule has 0 spiro atoms. The number of carbonyl (C=O) groups is 1. The molecular weight excluding hydrogens is 178 g/mol. The number of amides is 1. The van der Waals surface area contributed by atoms with Gasteiger partial charge in [-0.15, -0.1) is 0 Å². The number of fused-ring (bicyclic) bond motifs is 1. The molecule has 4 heteroatoms. The van der Waals surface area contributed by atoms with E-state index in [0.717, 1.165) is 11.4 Å². The number of hydrogen-bond donors (Lipinski definition) is 2. The van der Waals surface area contributed by atoms with Crippen LogP contribution in [0.4, 0.5) is 11.4 Å². The summed E-state index contributed by atoms with van der Waals surface area (Å²) in [6, 6.07) is 7.76. The van der Waals surface area contributed by atoms with Crippen LogP contribution in [0.3, 0.4) is 0 Å². The maximum atomic E-state index is 11.3. The zero-order valence-corrected chi connectivity index (χ0v) is 7.86. The topological polar surface area (TPSA) is 58.4 Å². The first-order valence-electron chi connectivity index (χ1n) is 4.65. The Hall–Kier alpha value is -1.55. The van der Waals surface area contributed by atoms with E-state index in [1.165, 1.54) is 0 Å². The van der Waals surface area contributed by atoms with Crippen molar-refractivity contribution in [1.29, 1.82) is 0 Å². The summed E-state index contributed by atoms with van der Waals surface area (Å²) in [6.07, 6.45) is 0. The molecule has 1 heterocycles. The van der Waals surface area contributed by atoms with Crippen molar-refractivity contribution < 1.29 is 4.79 Å². The third kappa shape index (κ3) is 1.56. The molecule has 0 saturated carbocycles. The Bertz CT molecular complexity index is 351. The van der Waals surface area contributed by atoms with Gasteiger partial charge in [-0.2, -0.15) is 0 Å². The molecule has 1 aliphatic heterocycles. The van der Waals surface area contributed by atoms with Gasteiger partial charge in [-0.3, -0.25) is 4.79 Å². The molecule has 1 aliphatic rings. The minimum atomic E-state index is 0.0251. The molecule has 14 heavy (non-hydrogen) atoms. The Morgan fingerprint density at radius 1 is 1.43 bits per heavy atom. The van der Waals surface area contributed by atoms with Gasteiger partial charge in [-0.1, -0.05) is 12.1 Å². The Labute approximate surface area is 82.7 Å². The van der Waals surface area contributed by atoms with Crippen LogP contribution in [0.1, 0.15) is 0 Å². The molecule has 3 N–H and O–H groups in total. The van der Waals surface area contributed by atoms with Crippen LogP contribution in [0.25, 0.3) is 0 Å². The maximum absolute atomic E-state index is 11.3. The van der Waals surface area contributed by atoms with E-state index >= 15 is 0 Å². The van der Waals surface area contributed by atoms with Crippen LogP contribution in [0.15, 0.2) is 24.3 Å². The fourth-order valence-electron chi connectivity index (χ4n) is 1.66. The standard InChI is InChI=1S/C10H13N3O/c11-5-6-13-7-10(14)12-8-3-1-2-4-9(8)13/h1-4H,5-7,11H2,(H,12,14). The van der Waals surface area contributed by atoms with E-state index in [1.54, 1.807) is 0 Å². The number of nitrogens with two attached hydrogens (primary N) is 1. The molecule has 0 bridgehead atoms. The molecule has 0 atom stereocenters. The van der Waals surface area contributed by atoms with Crippen molar-refractivity contribution in [2.75, 3.05) is 29.9 Å². The molecule has 0 unspecified atom stereocenters. The number of anilines is 2. The smallest absolute Gasteiger partial charge is 0.243 e. The Morgan fingerprint density at radius 2 is 2.21 bits per heavy atom. The molecule has 74 valence electrons. The van der Waals surface area contributed by atoms with Crippen LogP contribution >= 0.6 is 0 Å². The molecule has 1 amide bonds. The molecule has 2 rings (SSSR count). The highest BCUT2D eigenvalue weighted by Gasteiger charge is 2.20. The molecule has 0 aromatic heterocycles. The highest BCUT2D eigenvalue weighted by atomic mass is 16.2. The summed E-state index contributed by atoms with van der Waals surface area (Å²) in [7, 11) is 0. The minimum absolute atomic E-state index is 0.0251. The number of nitrogens with one attached hydrogen (secondary N) is 1. The second-order valence-corrected chi connectivity index (χ2v) is 3.28. The fraction of sp³-hybridized carbons (Fsp3) is 0.300. The van der Waals surface area contributed by atoms with Crippen LogP contribution in [0.5, 0.6) is 0 Å². The van der Waals surface area contributed by atoms with Crippen molar-refractivity contribution in [3.8, 4) is 0 Å². The van der Waals surface area contributed by atoms with Crippen molar-refractivity contribution in [2.24, 2.45) is 5.73 Å². The van der Waals surface area contributed by atoms with Crippen LogP contribution in [0.2, 0.25) is 0 Å². The summed E-state index contributed by atoms with van der Waals surface area (Å²) < 4.78 is 0. The van der Waals surface area contributed by atoms with Gasteiger partial charge in [0.1, 0.15) is 0 Å². The second kappa shape index (κ2) is 3.67. The van der Waals surface area contributed by atoms with Crippen LogP contribution in [0, 0.1) is 0 Å². The number of hydrogen-bond acceptors (Lipinski definition) is 3. The number of nitrogens with zero attached hydrogens (tertiary/aromatic N) is 1. The van der Waals surface area contributed by atoms with E-state index in [0.29, 0.717) is 19.6 Å². The van der Waals surface area contributed by atoms with Crippen molar-refractivity contribution in [2.45, 2.75) is 0 Å². The number of para-hydroxylation sites is 2. The zero-order chi connectivity index (χ0) is 9.97. The highest BCUT2D eigenvalue weighted by molar-refractivity contribution is 6.01. The summed E-state index contributed by atoms with van der Waals surface area (Å²) in [6.45, 7) is 1.67. The predicted molar refractivity (Wildman–Crippen MR) is 56.3 cm³/mol. The first-order valence-corrected chi connectivity index (χ1v) is 4.65. The van der Waals surface area contributed by atoms with Crippen molar-refractivity contribution >= 4 is 17.3 Å². The van der Waals surface area contributed by atoms with Crippen LogP contribution in [-0.4, -0.2) is 25.5 Å². The lowest BCUT2D eigenvalue weighted by molar-refractivity contribution is -0.115. The number of carbonyl (C=O) groups excluding carboxylic acids is 1. The molecule has 1 aromatic carbocycles. The van der Waals surface area contributed by atoms with E-state index in [2.05, 4.69) is 5.32 Å². The first-order chi connectivity index (χ1) is 6.81. The van der Waals surface area contributed by atoms with Crippen molar-refractivity contribution in [1.82, 2.24) is 0 Å². The van der Waals surface area contributed by atoms with Crippen molar-refractivity contribution in [3.63, 3.8) is 0 Å². The van der Waals surface area contributed by atoms with Gasteiger partial charge in [0.25, 0.3) is 0 Å². The van der Waals surface area contributed by atoms with Gasteiger partial charge in [-0.05, 0) is 12.1 Å². The highest BCUT2D eigenvalue weighted by Crippen LogP contribution is 2.28. The third-order valence-corrected chi connectivity index (χ3v) is 2.25. The predicted octanol–water partition coefficient (Wildman–Crippen LogP) is 0.404. The normalized spacial score (nSPS) is 14.9. The van der Waals surface area contributed by atoms with Gasteiger partial charge in [-0.25, -0.2) is 0 Å². The second-order valence-electron chi connectivity index (χ2n) is 3.28. The van der Waals surface area contributed by atoms with Gasteiger partial charge in [0.2, 0.25) is 5.91 Å².